The van der Waals surface area contributed by atoms with Gasteiger partial charge in [-0.15, -0.1) is 0 Å². The van der Waals surface area contributed by atoms with Gasteiger partial charge in [-0.05, 0) is 0 Å². The molecular weight excluding hydrogens is 498 g/mol. The lowest BCUT2D eigenvalue weighted by Crippen LogP contribution is -2.68. The van der Waals surface area contributed by atoms with Crippen molar-refractivity contribution in [1.82, 2.24) is 0 Å². The van der Waals surface area contributed by atoms with Crippen molar-refractivity contribution < 1.29 is 93.6 Å². The molecule has 3 atom stereocenters. The predicted octanol–water partition coefficient (Wildman–Crippen LogP) is 5.15. The van der Waals surface area contributed by atoms with Crippen LogP contribution in [-0.2, 0) is 9.47 Å². The van der Waals surface area contributed by atoms with Gasteiger partial charge in [0.25, 0.3) is 0 Å². The molecule has 0 saturated heterocycles. The highest BCUT2D eigenvalue weighted by Crippen LogP contribution is 2.56. The van der Waals surface area contributed by atoms with Crippen LogP contribution in [0.5, 0.6) is 0 Å². The first kappa shape index (κ1) is 28.6. The molecule has 21 heteroatoms. The molecule has 0 aromatic carbocycles. The van der Waals surface area contributed by atoms with Gasteiger partial charge in [-0.2, -0.15) is 70.2 Å². The van der Waals surface area contributed by atoms with E-state index in [9.17, 15) is 79.0 Å². The molecule has 0 spiro atoms. The average molecular weight is 500 g/mol. The van der Waals surface area contributed by atoms with Crippen molar-refractivity contribution in [3.05, 3.63) is 0 Å². The fourth-order valence-electron chi connectivity index (χ4n) is 1.17. The fourth-order valence-corrected chi connectivity index (χ4v) is 1.17. The molecule has 3 nitrogen and oxygen atoms in total. The van der Waals surface area contributed by atoms with Crippen LogP contribution in [0.25, 0.3) is 0 Å². The first-order valence-electron chi connectivity index (χ1n) is 6.04. The summed E-state index contributed by atoms with van der Waals surface area (Å²) >= 11 is 0. The minimum absolute atomic E-state index is 1.26. The molecule has 0 rings (SSSR count). The summed E-state index contributed by atoms with van der Waals surface area (Å²) in [4.78, 5) is 0. The summed E-state index contributed by atoms with van der Waals surface area (Å²) in [5.41, 5.74) is 0. The van der Waals surface area contributed by atoms with E-state index in [0.29, 0.717) is 0 Å². The second kappa shape index (κ2) is 7.35. The second-order valence-electron chi connectivity index (χ2n) is 4.89. The van der Waals surface area contributed by atoms with Gasteiger partial charge in [-0.3, -0.25) is 9.47 Å². The molecule has 0 fully saturated rings. The minimum atomic E-state index is -8.08. The van der Waals surface area contributed by atoms with Crippen molar-refractivity contribution in [3.63, 3.8) is 0 Å². The zero-order chi connectivity index (χ0) is 25.0. The van der Waals surface area contributed by atoms with Crippen molar-refractivity contribution in [1.29, 1.82) is 0 Å². The van der Waals surface area contributed by atoms with Gasteiger partial charge in [0.2, 0.25) is 0 Å². The van der Waals surface area contributed by atoms with Gasteiger partial charge in [0.05, 0.1) is 0 Å². The van der Waals surface area contributed by atoms with E-state index < -0.39 is 54.7 Å². The molecule has 182 valence electrons. The van der Waals surface area contributed by atoms with Gasteiger partial charge in [0, 0.05) is 0 Å². The van der Waals surface area contributed by atoms with Crippen molar-refractivity contribution >= 4 is 0 Å². The van der Waals surface area contributed by atoms with Crippen molar-refractivity contribution in [2.24, 2.45) is 0 Å². The van der Waals surface area contributed by atoms with Crippen molar-refractivity contribution in [3.8, 4) is 0 Å². The van der Waals surface area contributed by atoms with Crippen LogP contribution in [-0.4, -0.2) is 59.8 Å². The molecule has 0 aromatic heterocycles. The van der Waals surface area contributed by atoms with Gasteiger partial charge < -0.3 is 5.11 Å². The molecule has 3 unspecified atom stereocenters. The molecule has 0 amide bonds. The number of ether oxygens (including phenoxy) is 2. The van der Waals surface area contributed by atoms with Crippen LogP contribution >= 0.6 is 0 Å². The van der Waals surface area contributed by atoms with Crippen LogP contribution in [0.3, 0.4) is 0 Å². The van der Waals surface area contributed by atoms with Crippen LogP contribution in [0, 0.1) is 0 Å². The van der Waals surface area contributed by atoms with E-state index in [1.807, 2.05) is 0 Å². The summed E-state index contributed by atoms with van der Waals surface area (Å²) < 4.78 is 228. The summed E-state index contributed by atoms with van der Waals surface area (Å²) in [6, 6.07) is 0. The van der Waals surface area contributed by atoms with Gasteiger partial charge in [0.1, 0.15) is 0 Å². The van der Waals surface area contributed by atoms with Gasteiger partial charge >= 0.3 is 54.7 Å². The van der Waals surface area contributed by atoms with E-state index in [0.717, 1.165) is 0 Å². The van der Waals surface area contributed by atoms with Crippen LogP contribution < -0.4 is 0 Å². The monoisotopic (exact) mass is 500 g/mol. The van der Waals surface area contributed by atoms with Crippen LogP contribution in [0.15, 0.2) is 0 Å². The highest BCUT2D eigenvalue weighted by Gasteiger charge is 2.85. The molecule has 0 aliphatic rings. The number of hydrogen-bond acceptors (Lipinski definition) is 3. The lowest BCUT2D eigenvalue weighted by Gasteiger charge is -2.40. The van der Waals surface area contributed by atoms with Crippen LogP contribution in [0.1, 0.15) is 0 Å². The zero-order valence-corrected chi connectivity index (χ0v) is 12.6. The molecule has 0 aliphatic carbocycles. The Morgan fingerprint density at radius 2 is 0.867 bits per heavy atom. The van der Waals surface area contributed by atoms with E-state index in [1.54, 1.807) is 0 Å². The summed E-state index contributed by atoms with van der Waals surface area (Å²) in [7, 11) is 0. The first-order valence-corrected chi connectivity index (χ1v) is 6.04. The van der Waals surface area contributed by atoms with Crippen molar-refractivity contribution in [2.75, 3.05) is 0 Å². The number of alkyl halides is 18. The largest absolute Gasteiger partial charge is 0.458 e. The summed E-state index contributed by atoms with van der Waals surface area (Å²) in [5.74, 6) is -22.7. The Hall–Kier alpha value is -1.38. The van der Waals surface area contributed by atoms with E-state index in [-0.39, 0.29) is 0 Å². The summed E-state index contributed by atoms with van der Waals surface area (Å²) in [6.45, 7) is 0. The van der Waals surface area contributed by atoms with Gasteiger partial charge in [-0.1, -0.05) is 0 Å². The SMILES string of the molecule is OC(F)(C(F)(F)F)C(F)(F)OC(F)(C(F)(F)F)C(F)(F)OC(F)(C(F)F)C(F)(F)F. The Labute approximate surface area is 150 Å². The Bertz CT molecular complexity index is 603. The Morgan fingerprint density at radius 1 is 0.500 bits per heavy atom. The standard InChI is InChI=1S/C9H2F18O3/c10-1(11)2(12,5(15,16)17)29-9(26,27)4(14,7(21,22)23)30-8(24,25)3(13,28)6(18,19)20/h1,28H. The van der Waals surface area contributed by atoms with E-state index in [4.69, 9.17) is 5.11 Å². The molecule has 0 aliphatic heterocycles. The van der Waals surface area contributed by atoms with Crippen molar-refractivity contribution in [2.45, 2.75) is 54.7 Å². The third-order valence-electron chi connectivity index (χ3n) is 2.71. The number of hydrogen-bond donors (Lipinski definition) is 1. The number of aliphatic hydroxyl groups is 1. The predicted molar refractivity (Wildman–Crippen MR) is 50.0 cm³/mol. The quantitative estimate of drug-likeness (QED) is 0.492. The normalized spacial score (nSPS) is 21.2. The highest BCUT2D eigenvalue weighted by molar-refractivity contribution is 4.95. The third-order valence-corrected chi connectivity index (χ3v) is 2.71. The summed E-state index contributed by atoms with van der Waals surface area (Å²) in [6.07, 6.45) is -44.5. The summed E-state index contributed by atoms with van der Waals surface area (Å²) in [5, 5.41) is 7.86. The zero-order valence-electron chi connectivity index (χ0n) is 12.6. The lowest BCUT2D eigenvalue weighted by atomic mass is 10.2. The Morgan fingerprint density at radius 3 is 1.10 bits per heavy atom. The second-order valence-corrected chi connectivity index (χ2v) is 4.89. The molecule has 0 bridgehead atoms. The van der Waals surface area contributed by atoms with Gasteiger partial charge in [-0.25, -0.2) is 8.78 Å². The maximum absolute atomic E-state index is 13.5. The molecule has 0 heterocycles. The van der Waals surface area contributed by atoms with E-state index in [2.05, 4.69) is 0 Å². The van der Waals surface area contributed by atoms with Crippen LogP contribution in [0.2, 0.25) is 0 Å². The smallest absolute Gasteiger partial charge is 0.348 e. The Balaban J connectivity index is 6.60. The molecular formula is C9H2F18O3. The maximum Gasteiger partial charge on any atom is 0.458 e. The Kier molecular flexibility index (Phi) is 7.01. The number of halogens is 18. The third kappa shape index (κ3) is 4.60. The fraction of sp³-hybridized carbons (Fsp3) is 1.00. The van der Waals surface area contributed by atoms with E-state index >= 15 is 0 Å². The average Bonchev–Trinajstić information content (AvgIpc) is 2.41. The molecule has 30 heavy (non-hydrogen) atoms. The first-order chi connectivity index (χ1) is 12.6. The topological polar surface area (TPSA) is 38.7 Å². The number of rotatable bonds is 7. The molecule has 0 saturated carbocycles. The van der Waals surface area contributed by atoms with Gasteiger partial charge in [0.15, 0.2) is 0 Å². The lowest BCUT2D eigenvalue weighted by molar-refractivity contribution is -0.561. The molecule has 0 radical (unpaired) electrons. The molecule has 1 N–H and O–H groups in total. The highest BCUT2D eigenvalue weighted by atomic mass is 19.4. The molecule has 0 aromatic rings. The minimum Gasteiger partial charge on any atom is -0.348 e. The maximum atomic E-state index is 13.5. The van der Waals surface area contributed by atoms with E-state index in [1.165, 1.54) is 9.47 Å². The van der Waals surface area contributed by atoms with Crippen LogP contribution in [0.4, 0.5) is 79.0 Å².